The summed E-state index contributed by atoms with van der Waals surface area (Å²) in [4.78, 5) is 24.5. The van der Waals surface area contributed by atoms with E-state index in [1.165, 1.54) is 12.0 Å². The van der Waals surface area contributed by atoms with Gasteiger partial charge in [-0.1, -0.05) is 12.1 Å². The van der Waals surface area contributed by atoms with Crippen LogP contribution in [0.25, 0.3) is 0 Å². The van der Waals surface area contributed by atoms with Gasteiger partial charge >= 0.3 is 5.97 Å². The van der Waals surface area contributed by atoms with Gasteiger partial charge in [-0.15, -0.1) is 0 Å². The van der Waals surface area contributed by atoms with Crippen LogP contribution in [0.4, 0.5) is 0 Å². The molecule has 0 radical (unpaired) electrons. The van der Waals surface area contributed by atoms with Gasteiger partial charge in [-0.2, -0.15) is 0 Å². The molecule has 0 unspecified atom stereocenters. The highest BCUT2D eigenvalue weighted by Gasteiger charge is 2.17. The Morgan fingerprint density at radius 3 is 2.53 bits per heavy atom. The van der Waals surface area contributed by atoms with E-state index >= 15 is 0 Å². The SMILES string of the molecule is COC(=O)CN(C)C(=O)c1cccc(C)c1C. The van der Waals surface area contributed by atoms with E-state index in [-0.39, 0.29) is 12.5 Å². The molecule has 17 heavy (non-hydrogen) atoms. The summed E-state index contributed by atoms with van der Waals surface area (Å²) in [6, 6.07) is 5.55. The van der Waals surface area contributed by atoms with Crippen LogP contribution in [-0.4, -0.2) is 37.5 Å². The van der Waals surface area contributed by atoms with Gasteiger partial charge < -0.3 is 9.64 Å². The molecule has 0 aliphatic heterocycles. The Morgan fingerprint density at radius 2 is 1.94 bits per heavy atom. The second-order valence-electron chi connectivity index (χ2n) is 3.98. The van der Waals surface area contributed by atoms with Crippen molar-refractivity contribution in [1.82, 2.24) is 4.90 Å². The molecule has 0 saturated heterocycles. The van der Waals surface area contributed by atoms with E-state index in [4.69, 9.17) is 0 Å². The van der Waals surface area contributed by atoms with Gasteiger partial charge in [0.15, 0.2) is 0 Å². The number of benzene rings is 1. The quantitative estimate of drug-likeness (QED) is 0.747. The molecule has 0 aliphatic carbocycles. The third kappa shape index (κ3) is 3.06. The first kappa shape index (κ1) is 13.2. The molecule has 0 N–H and O–H groups in total. The van der Waals surface area contributed by atoms with Crippen molar-refractivity contribution in [3.8, 4) is 0 Å². The first-order valence-electron chi connectivity index (χ1n) is 5.36. The minimum Gasteiger partial charge on any atom is -0.468 e. The van der Waals surface area contributed by atoms with Crippen LogP contribution in [0.1, 0.15) is 21.5 Å². The number of hydrogen-bond acceptors (Lipinski definition) is 3. The number of nitrogens with zero attached hydrogens (tertiary/aromatic N) is 1. The maximum Gasteiger partial charge on any atom is 0.325 e. The second-order valence-corrected chi connectivity index (χ2v) is 3.98. The summed E-state index contributed by atoms with van der Waals surface area (Å²) in [7, 11) is 2.89. The summed E-state index contributed by atoms with van der Waals surface area (Å²) in [5, 5.41) is 0. The fourth-order valence-corrected chi connectivity index (χ4v) is 1.52. The number of hydrogen-bond donors (Lipinski definition) is 0. The predicted octanol–water partition coefficient (Wildman–Crippen LogP) is 1.55. The molecule has 0 atom stereocenters. The fourth-order valence-electron chi connectivity index (χ4n) is 1.52. The van der Waals surface area contributed by atoms with Crippen LogP contribution < -0.4 is 0 Å². The van der Waals surface area contributed by atoms with Gasteiger partial charge in [0.25, 0.3) is 5.91 Å². The van der Waals surface area contributed by atoms with E-state index < -0.39 is 5.97 Å². The lowest BCUT2D eigenvalue weighted by Gasteiger charge is -2.17. The van der Waals surface area contributed by atoms with E-state index in [2.05, 4.69) is 4.74 Å². The third-order valence-electron chi connectivity index (χ3n) is 2.78. The number of esters is 1. The molecule has 0 saturated carbocycles. The number of carbonyl (C=O) groups is 2. The molecular formula is C13H17NO3. The second kappa shape index (κ2) is 5.48. The lowest BCUT2D eigenvalue weighted by molar-refractivity contribution is -0.141. The summed E-state index contributed by atoms with van der Waals surface area (Å²) >= 11 is 0. The van der Waals surface area contributed by atoms with Gasteiger partial charge in [0.2, 0.25) is 0 Å². The minimum absolute atomic E-state index is 0.0390. The zero-order valence-electron chi connectivity index (χ0n) is 10.6. The maximum absolute atomic E-state index is 12.1. The Labute approximate surface area is 101 Å². The number of ether oxygens (including phenoxy) is 1. The van der Waals surface area contributed by atoms with E-state index in [1.807, 2.05) is 26.0 Å². The molecule has 1 aromatic carbocycles. The van der Waals surface area contributed by atoms with Crippen LogP contribution in [0, 0.1) is 13.8 Å². The molecule has 92 valence electrons. The van der Waals surface area contributed by atoms with Gasteiger partial charge in [0.05, 0.1) is 7.11 Å². The summed E-state index contributed by atoms with van der Waals surface area (Å²) in [5.74, 6) is -0.595. The highest BCUT2D eigenvalue weighted by atomic mass is 16.5. The predicted molar refractivity (Wildman–Crippen MR) is 64.9 cm³/mol. The van der Waals surface area contributed by atoms with Crippen LogP contribution in [0.3, 0.4) is 0 Å². The molecule has 0 heterocycles. The van der Waals surface area contributed by atoms with E-state index in [0.717, 1.165) is 11.1 Å². The molecule has 0 bridgehead atoms. The summed E-state index contributed by atoms with van der Waals surface area (Å²) in [5.41, 5.74) is 2.62. The number of aryl methyl sites for hydroxylation is 1. The molecule has 0 aliphatic rings. The smallest absolute Gasteiger partial charge is 0.325 e. The lowest BCUT2D eigenvalue weighted by Crippen LogP contribution is -2.33. The molecule has 0 spiro atoms. The Kier molecular flexibility index (Phi) is 4.26. The maximum atomic E-state index is 12.1. The number of rotatable bonds is 3. The van der Waals surface area contributed by atoms with E-state index in [9.17, 15) is 9.59 Å². The van der Waals surface area contributed by atoms with Gasteiger partial charge in [0, 0.05) is 12.6 Å². The minimum atomic E-state index is -0.425. The monoisotopic (exact) mass is 235 g/mol. The number of methoxy groups -OCH3 is 1. The zero-order valence-corrected chi connectivity index (χ0v) is 10.6. The van der Waals surface area contributed by atoms with Crippen LogP contribution in [-0.2, 0) is 9.53 Å². The van der Waals surface area contributed by atoms with Crippen molar-refractivity contribution in [3.63, 3.8) is 0 Å². The van der Waals surface area contributed by atoms with Crippen LogP contribution in [0.15, 0.2) is 18.2 Å². The van der Waals surface area contributed by atoms with E-state index in [0.29, 0.717) is 5.56 Å². The van der Waals surface area contributed by atoms with E-state index in [1.54, 1.807) is 13.1 Å². The third-order valence-corrected chi connectivity index (χ3v) is 2.78. The van der Waals surface area contributed by atoms with Crippen molar-refractivity contribution < 1.29 is 14.3 Å². The van der Waals surface area contributed by atoms with Crippen molar-refractivity contribution in [3.05, 3.63) is 34.9 Å². The molecule has 0 fully saturated rings. The molecule has 4 nitrogen and oxygen atoms in total. The largest absolute Gasteiger partial charge is 0.468 e. The Bertz CT molecular complexity index is 440. The summed E-state index contributed by atoms with van der Waals surface area (Å²) < 4.78 is 4.53. The number of likely N-dealkylation sites (N-methyl/N-ethyl adjacent to an activating group) is 1. The van der Waals surface area contributed by atoms with Crippen molar-refractivity contribution in [2.45, 2.75) is 13.8 Å². The Hall–Kier alpha value is -1.84. The average molecular weight is 235 g/mol. The molecule has 0 aromatic heterocycles. The number of carbonyl (C=O) groups excluding carboxylic acids is 2. The standard InChI is InChI=1S/C13H17NO3/c1-9-6-5-7-11(10(9)2)13(16)14(3)8-12(15)17-4/h5-7H,8H2,1-4H3. The van der Waals surface area contributed by atoms with Crippen molar-refractivity contribution in [2.24, 2.45) is 0 Å². The van der Waals surface area contributed by atoms with Crippen LogP contribution >= 0.6 is 0 Å². The summed E-state index contributed by atoms with van der Waals surface area (Å²) in [6.45, 7) is 3.81. The molecule has 1 amide bonds. The Balaban J connectivity index is 2.89. The topological polar surface area (TPSA) is 46.6 Å². The highest BCUT2D eigenvalue weighted by Crippen LogP contribution is 2.14. The van der Waals surface area contributed by atoms with Gasteiger partial charge in [-0.05, 0) is 31.0 Å². The van der Waals surface area contributed by atoms with Gasteiger partial charge in [-0.3, -0.25) is 9.59 Å². The van der Waals surface area contributed by atoms with Gasteiger partial charge in [0.1, 0.15) is 6.54 Å². The zero-order chi connectivity index (χ0) is 13.0. The fraction of sp³-hybridized carbons (Fsp3) is 0.385. The van der Waals surface area contributed by atoms with Crippen molar-refractivity contribution >= 4 is 11.9 Å². The molecule has 1 aromatic rings. The van der Waals surface area contributed by atoms with Crippen molar-refractivity contribution in [1.29, 1.82) is 0 Å². The first-order valence-corrected chi connectivity index (χ1v) is 5.36. The van der Waals surface area contributed by atoms with Crippen molar-refractivity contribution in [2.75, 3.05) is 20.7 Å². The normalized spacial score (nSPS) is 9.88. The summed E-state index contributed by atoms with van der Waals surface area (Å²) in [6.07, 6.45) is 0. The number of amides is 1. The van der Waals surface area contributed by atoms with Crippen LogP contribution in [0.5, 0.6) is 0 Å². The Morgan fingerprint density at radius 1 is 1.29 bits per heavy atom. The first-order chi connectivity index (χ1) is 7.97. The average Bonchev–Trinajstić information content (AvgIpc) is 2.31. The molecule has 4 heteroatoms. The molecular weight excluding hydrogens is 218 g/mol. The molecule has 1 rings (SSSR count). The van der Waals surface area contributed by atoms with Gasteiger partial charge in [-0.25, -0.2) is 0 Å². The lowest BCUT2D eigenvalue weighted by atomic mass is 10.0. The highest BCUT2D eigenvalue weighted by molar-refractivity contribution is 5.97. The van der Waals surface area contributed by atoms with Crippen LogP contribution in [0.2, 0.25) is 0 Å².